The zero-order chi connectivity index (χ0) is 13.6. The van der Waals surface area contributed by atoms with Crippen LogP contribution in [0.25, 0.3) is 0 Å². The summed E-state index contributed by atoms with van der Waals surface area (Å²) >= 11 is 1.84. The second kappa shape index (κ2) is 7.36. The maximum Gasteiger partial charge on any atom is 0.327 e. The fourth-order valence-electron chi connectivity index (χ4n) is 2.47. The van der Waals surface area contributed by atoms with E-state index >= 15 is 0 Å². The summed E-state index contributed by atoms with van der Waals surface area (Å²) in [6, 6.07) is 0. The standard InChI is InChI=1S/C13H26N2O2S/c1-5-15(6-2)9-8-14-13(12(16)17-4)7-10-18-11(13)3/h11,14H,5-10H2,1-4H3. The average molecular weight is 274 g/mol. The van der Waals surface area contributed by atoms with E-state index in [2.05, 4.69) is 31.0 Å². The van der Waals surface area contributed by atoms with Gasteiger partial charge in [0, 0.05) is 18.3 Å². The van der Waals surface area contributed by atoms with Gasteiger partial charge in [0.2, 0.25) is 0 Å². The first-order valence-corrected chi connectivity index (χ1v) is 7.83. The molecule has 2 atom stereocenters. The molecule has 0 amide bonds. The van der Waals surface area contributed by atoms with E-state index in [9.17, 15) is 4.79 Å². The highest BCUT2D eigenvalue weighted by molar-refractivity contribution is 8.00. The Bertz CT molecular complexity index is 272. The second-order valence-electron chi connectivity index (χ2n) is 4.68. The average Bonchev–Trinajstić information content (AvgIpc) is 2.76. The van der Waals surface area contributed by atoms with Crippen molar-refractivity contribution in [2.45, 2.75) is 38.0 Å². The van der Waals surface area contributed by atoms with Crippen LogP contribution in [0.1, 0.15) is 27.2 Å². The fraction of sp³-hybridized carbons (Fsp3) is 0.923. The van der Waals surface area contributed by atoms with Crippen molar-refractivity contribution in [3.8, 4) is 0 Å². The first-order chi connectivity index (χ1) is 8.60. The number of nitrogens with zero attached hydrogens (tertiary/aromatic N) is 1. The van der Waals surface area contributed by atoms with Gasteiger partial charge in [-0.1, -0.05) is 20.8 Å². The number of nitrogens with one attached hydrogen (secondary N) is 1. The van der Waals surface area contributed by atoms with Crippen LogP contribution in [-0.2, 0) is 9.53 Å². The van der Waals surface area contributed by atoms with Crippen LogP contribution in [0.3, 0.4) is 0 Å². The summed E-state index contributed by atoms with van der Waals surface area (Å²) in [5, 5.41) is 3.74. The summed E-state index contributed by atoms with van der Waals surface area (Å²) in [6.07, 6.45) is 0.865. The van der Waals surface area contributed by atoms with Gasteiger partial charge in [0.05, 0.1) is 7.11 Å². The molecule has 2 unspecified atom stereocenters. The summed E-state index contributed by atoms with van der Waals surface area (Å²) < 4.78 is 4.99. The molecule has 0 saturated carbocycles. The Morgan fingerprint density at radius 1 is 1.50 bits per heavy atom. The van der Waals surface area contributed by atoms with Gasteiger partial charge in [-0.15, -0.1) is 0 Å². The van der Waals surface area contributed by atoms with Gasteiger partial charge >= 0.3 is 5.97 Å². The number of hydrogen-bond donors (Lipinski definition) is 1. The van der Waals surface area contributed by atoms with Gasteiger partial charge in [0.1, 0.15) is 5.54 Å². The van der Waals surface area contributed by atoms with E-state index in [-0.39, 0.29) is 11.2 Å². The molecule has 1 fully saturated rings. The lowest BCUT2D eigenvalue weighted by atomic mass is 9.92. The molecule has 1 saturated heterocycles. The Morgan fingerprint density at radius 2 is 2.17 bits per heavy atom. The van der Waals surface area contributed by atoms with Crippen LogP contribution < -0.4 is 5.32 Å². The van der Waals surface area contributed by atoms with Crippen molar-refractivity contribution in [2.75, 3.05) is 39.0 Å². The lowest BCUT2D eigenvalue weighted by Gasteiger charge is -2.32. The largest absolute Gasteiger partial charge is 0.468 e. The highest BCUT2D eigenvalue weighted by Gasteiger charge is 2.48. The Morgan fingerprint density at radius 3 is 2.61 bits per heavy atom. The van der Waals surface area contributed by atoms with Crippen molar-refractivity contribution in [2.24, 2.45) is 0 Å². The van der Waals surface area contributed by atoms with E-state index in [1.807, 2.05) is 11.8 Å². The zero-order valence-corrected chi connectivity index (χ0v) is 12.8. The molecule has 18 heavy (non-hydrogen) atoms. The molecule has 0 aromatic rings. The zero-order valence-electron chi connectivity index (χ0n) is 12.0. The minimum Gasteiger partial charge on any atom is -0.468 e. The number of ether oxygens (including phenoxy) is 1. The summed E-state index contributed by atoms with van der Waals surface area (Å²) in [4.78, 5) is 14.4. The van der Waals surface area contributed by atoms with Gasteiger partial charge in [-0.05, 0) is 25.3 Å². The monoisotopic (exact) mass is 274 g/mol. The number of hydrogen-bond acceptors (Lipinski definition) is 5. The molecule has 1 aliphatic heterocycles. The summed E-state index contributed by atoms with van der Waals surface area (Å²) in [5.41, 5.74) is -0.480. The van der Waals surface area contributed by atoms with Crippen molar-refractivity contribution in [3.05, 3.63) is 0 Å². The lowest BCUT2D eigenvalue weighted by molar-refractivity contribution is -0.148. The maximum absolute atomic E-state index is 12.0. The van der Waals surface area contributed by atoms with Crippen molar-refractivity contribution in [1.29, 1.82) is 0 Å². The fourth-order valence-corrected chi connectivity index (χ4v) is 3.85. The van der Waals surface area contributed by atoms with E-state index in [1.165, 1.54) is 7.11 Å². The van der Waals surface area contributed by atoms with Crippen LogP contribution in [0.15, 0.2) is 0 Å². The Kier molecular flexibility index (Phi) is 6.46. The Balaban J connectivity index is 2.55. The molecule has 1 rings (SSSR count). The third-order valence-corrected chi connectivity index (χ3v) is 5.21. The number of carbonyl (C=O) groups excluding carboxylic acids is 1. The van der Waals surface area contributed by atoms with Crippen molar-refractivity contribution in [1.82, 2.24) is 10.2 Å². The minimum absolute atomic E-state index is 0.112. The Hall–Kier alpha value is -0.260. The number of carbonyl (C=O) groups is 1. The van der Waals surface area contributed by atoms with Crippen LogP contribution in [-0.4, -0.2) is 60.7 Å². The normalized spacial score (nSPS) is 27.7. The molecule has 106 valence electrons. The van der Waals surface area contributed by atoms with Crippen LogP contribution >= 0.6 is 11.8 Å². The molecular weight excluding hydrogens is 248 g/mol. The van der Waals surface area contributed by atoms with Gasteiger partial charge in [-0.3, -0.25) is 10.1 Å². The highest BCUT2D eigenvalue weighted by Crippen LogP contribution is 2.36. The van der Waals surface area contributed by atoms with Crippen LogP contribution in [0, 0.1) is 0 Å². The molecule has 0 bridgehead atoms. The lowest BCUT2D eigenvalue weighted by Crippen LogP contribution is -2.58. The van der Waals surface area contributed by atoms with E-state index in [4.69, 9.17) is 4.74 Å². The molecule has 0 spiro atoms. The van der Waals surface area contributed by atoms with E-state index in [0.29, 0.717) is 0 Å². The SMILES string of the molecule is CCN(CC)CCNC1(C(=O)OC)CCSC1C. The molecule has 4 nitrogen and oxygen atoms in total. The first-order valence-electron chi connectivity index (χ1n) is 6.78. The smallest absolute Gasteiger partial charge is 0.327 e. The number of thioether (sulfide) groups is 1. The molecule has 0 aromatic carbocycles. The predicted molar refractivity (Wildman–Crippen MR) is 77.1 cm³/mol. The van der Waals surface area contributed by atoms with Gasteiger partial charge in [-0.25, -0.2) is 0 Å². The molecular formula is C13H26N2O2S. The highest BCUT2D eigenvalue weighted by atomic mass is 32.2. The summed E-state index contributed by atoms with van der Waals surface area (Å²) in [7, 11) is 1.48. The first kappa shape index (κ1) is 15.8. The van der Waals surface area contributed by atoms with Gasteiger partial charge in [0.15, 0.2) is 0 Å². The molecule has 1 heterocycles. The number of rotatable bonds is 7. The summed E-state index contributed by atoms with van der Waals surface area (Å²) in [6.45, 7) is 10.3. The number of methoxy groups -OCH3 is 1. The van der Waals surface area contributed by atoms with Crippen LogP contribution in [0.2, 0.25) is 0 Å². The minimum atomic E-state index is -0.480. The van der Waals surface area contributed by atoms with Crippen LogP contribution in [0.5, 0.6) is 0 Å². The van der Waals surface area contributed by atoms with E-state index in [0.717, 1.165) is 38.4 Å². The quantitative estimate of drug-likeness (QED) is 0.710. The predicted octanol–water partition coefficient (Wildman–Crippen LogP) is 1.35. The molecule has 0 aliphatic carbocycles. The maximum atomic E-state index is 12.0. The third kappa shape index (κ3) is 3.39. The molecule has 1 aliphatic rings. The summed E-state index contributed by atoms with van der Waals surface area (Å²) in [5.74, 6) is 0.911. The molecule has 1 N–H and O–H groups in total. The van der Waals surface area contributed by atoms with E-state index in [1.54, 1.807) is 0 Å². The van der Waals surface area contributed by atoms with Gasteiger partial charge in [0.25, 0.3) is 0 Å². The molecule has 5 heteroatoms. The molecule has 0 radical (unpaired) electrons. The number of likely N-dealkylation sites (N-methyl/N-ethyl adjacent to an activating group) is 1. The Labute approximate surface area is 115 Å². The third-order valence-electron chi connectivity index (χ3n) is 3.87. The molecule has 0 aromatic heterocycles. The number of esters is 1. The topological polar surface area (TPSA) is 41.6 Å². The van der Waals surface area contributed by atoms with Crippen LogP contribution in [0.4, 0.5) is 0 Å². The van der Waals surface area contributed by atoms with Crippen molar-refractivity contribution < 1.29 is 9.53 Å². The van der Waals surface area contributed by atoms with Gasteiger partial charge < -0.3 is 9.64 Å². The van der Waals surface area contributed by atoms with Gasteiger partial charge in [-0.2, -0.15) is 11.8 Å². The van der Waals surface area contributed by atoms with Crippen molar-refractivity contribution in [3.63, 3.8) is 0 Å². The second-order valence-corrected chi connectivity index (χ2v) is 6.13. The van der Waals surface area contributed by atoms with Crippen molar-refractivity contribution >= 4 is 17.7 Å². The van der Waals surface area contributed by atoms with E-state index < -0.39 is 5.54 Å².